The molecule has 0 heterocycles. The first-order valence-electron chi connectivity index (χ1n) is 6.66. The lowest BCUT2D eigenvalue weighted by atomic mass is 9.76. The Labute approximate surface area is 113 Å². The first-order chi connectivity index (χ1) is 9.03. The molecule has 1 aliphatic carbocycles. The Morgan fingerprint density at radius 3 is 2.79 bits per heavy atom. The van der Waals surface area contributed by atoms with Crippen LogP contribution in [0.3, 0.4) is 0 Å². The maximum atomic E-state index is 13.2. The molecule has 1 saturated carbocycles. The number of rotatable bonds is 5. The Balaban J connectivity index is 2.14. The Morgan fingerprint density at radius 2 is 2.26 bits per heavy atom. The third kappa shape index (κ3) is 3.25. The number of hydrogen-bond acceptors (Lipinski definition) is 3. The lowest BCUT2D eigenvalue weighted by Crippen LogP contribution is -2.46. The minimum atomic E-state index is -0.798. The first kappa shape index (κ1) is 13.8. The van der Waals surface area contributed by atoms with E-state index < -0.39 is 5.54 Å². The number of carbonyl (C=O) groups is 1. The van der Waals surface area contributed by atoms with E-state index in [1.807, 2.05) is 6.92 Å². The van der Waals surface area contributed by atoms with E-state index >= 15 is 0 Å². The maximum absolute atomic E-state index is 13.2. The topological polar surface area (TPSA) is 38.3 Å². The Hall–Kier alpha value is -1.58. The molecule has 2 rings (SSSR count). The van der Waals surface area contributed by atoms with Crippen LogP contribution in [0.1, 0.15) is 32.6 Å². The molecule has 104 valence electrons. The Bertz CT molecular complexity index is 459. The van der Waals surface area contributed by atoms with E-state index in [1.54, 1.807) is 12.1 Å². The van der Waals surface area contributed by atoms with Crippen molar-refractivity contribution in [3.05, 3.63) is 30.1 Å². The SMILES string of the molecule is COC(=O)C(C)(CC1CCC1)Nc1cccc(F)c1. The molecule has 19 heavy (non-hydrogen) atoms. The van der Waals surface area contributed by atoms with Crippen molar-refractivity contribution in [3.8, 4) is 0 Å². The molecule has 1 aliphatic rings. The molecule has 0 aromatic heterocycles. The molecule has 0 bridgehead atoms. The van der Waals surface area contributed by atoms with Crippen molar-refractivity contribution in [2.75, 3.05) is 12.4 Å². The summed E-state index contributed by atoms with van der Waals surface area (Å²) >= 11 is 0. The Morgan fingerprint density at radius 1 is 1.53 bits per heavy atom. The molecule has 1 unspecified atom stereocenters. The zero-order valence-corrected chi connectivity index (χ0v) is 11.4. The number of esters is 1. The molecule has 3 nitrogen and oxygen atoms in total. The second-order valence-electron chi connectivity index (χ2n) is 5.46. The summed E-state index contributed by atoms with van der Waals surface area (Å²) in [6, 6.07) is 6.15. The van der Waals surface area contributed by atoms with E-state index in [9.17, 15) is 9.18 Å². The van der Waals surface area contributed by atoms with Crippen LogP contribution in [0, 0.1) is 11.7 Å². The van der Waals surface area contributed by atoms with Gasteiger partial charge in [0.05, 0.1) is 7.11 Å². The fourth-order valence-corrected chi connectivity index (χ4v) is 2.57. The highest BCUT2D eigenvalue weighted by Gasteiger charge is 2.38. The van der Waals surface area contributed by atoms with E-state index in [2.05, 4.69) is 5.32 Å². The van der Waals surface area contributed by atoms with Gasteiger partial charge in [-0.2, -0.15) is 0 Å². The smallest absolute Gasteiger partial charge is 0.331 e. The van der Waals surface area contributed by atoms with Gasteiger partial charge in [0.25, 0.3) is 0 Å². The number of benzene rings is 1. The van der Waals surface area contributed by atoms with Gasteiger partial charge in [-0.1, -0.05) is 25.3 Å². The van der Waals surface area contributed by atoms with Gasteiger partial charge in [0.2, 0.25) is 0 Å². The molecular weight excluding hydrogens is 245 g/mol. The van der Waals surface area contributed by atoms with Gasteiger partial charge in [-0.25, -0.2) is 9.18 Å². The second kappa shape index (κ2) is 5.59. The highest BCUT2D eigenvalue weighted by Crippen LogP contribution is 2.35. The highest BCUT2D eigenvalue weighted by atomic mass is 19.1. The lowest BCUT2D eigenvalue weighted by molar-refractivity contribution is -0.146. The average molecular weight is 265 g/mol. The van der Waals surface area contributed by atoms with Crippen molar-refractivity contribution >= 4 is 11.7 Å². The van der Waals surface area contributed by atoms with Gasteiger partial charge in [0, 0.05) is 5.69 Å². The van der Waals surface area contributed by atoms with Crippen LogP contribution < -0.4 is 5.32 Å². The van der Waals surface area contributed by atoms with Crippen molar-refractivity contribution in [2.24, 2.45) is 5.92 Å². The second-order valence-corrected chi connectivity index (χ2v) is 5.46. The zero-order chi connectivity index (χ0) is 13.9. The molecule has 1 N–H and O–H groups in total. The van der Waals surface area contributed by atoms with Crippen LogP contribution in [-0.2, 0) is 9.53 Å². The molecular formula is C15H20FNO2. The molecule has 1 fully saturated rings. The van der Waals surface area contributed by atoms with Crippen molar-refractivity contribution in [2.45, 2.75) is 38.1 Å². The van der Waals surface area contributed by atoms with Gasteiger partial charge in [-0.15, -0.1) is 0 Å². The summed E-state index contributed by atoms with van der Waals surface area (Å²) in [5.41, 5.74) is -0.194. The molecule has 0 radical (unpaired) electrons. The van der Waals surface area contributed by atoms with Crippen molar-refractivity contribution < 1.29 is 13.9 Å². The number of nitrogens with one attached hydrogen (secondary N) is 1. The van der Waals surface area contributed by atoms with Gasteiger partial charge in [0.15, 0.2) is 0 Å². The fraction of sp³-hybridized carbons (Fsp3) is 0.533. The van der Waals surface area contributed by atoms with Crippen LogP contribution in [0.5, 0.6) is 0 Å². The number of methoxy groups -OCH3 is 1. The van der Waals surface area contributed by atoms with Crippen molar-refractivity contribution in [3.63, 3.8) is 0 Å². The normalized spacial score (nSPS) is 18.3. The van der Waals surface area contributed by atoms with Crippen molar-refractivity contribution in [1.29, 1.82) is 0 Å². The van der Waals surface area contributed by atoms with E-state index in [0.717, 1.165) is 19.3 Å². The van der Waals surface area contributed by atoms with E-state index in [1.165, 1.54) is 25.7 Å². The zero-order valence-electron chi connectivity index (χ0n) is 11.4. The van der Waals surface area contributed by atoms with Crippen LogP contribution >= 0.6 is 0 Å². The summed E-state index contributed by atoms with van der Waals surface area (Å²) in [5.74, 6) is -0.0744. The molecule has 1 aromatic rings. The predicted octanol–water partition coefficient (Wildman–Crippen LogP) is 3.36. The first-order valence-corrected chi connectivity index (χ1v) is 6.66. The third-order valence-corrected chi connectivity index (χ3v) is 3.80. The predicted molar refractivity (Wildman–Crippen MR) is 72.4 cm³/mol. The Kier molecular flexibility index (Phi) is 4.08. The van der Waals surface area contributed by atoms with E-state index in [-0.39, 0.29) is 11.8 Å². The molecule has 0 saturated heterocycles. The third-order valence-electron chi connectivity index (χ3n) is 3.80. The average Bonchev–Trinajstić information content (AvgIpc) is 2.33. The van der Waals surface area contributed by atoms with Crippen LogP contribution in [0.25, 0.3) is 0 Å². The van der Waals surface area contributed by atoms with Crippen LogP contribution in [-0.4, -0.2) is 18.6 Å². The summed E-state index contributed by atoms with van der Waals surface area (Å²) in [6.07, 6.45) is 4.24. The molecule has 0 amide bonds. The largest absolute Gasteiger partial charge is 0.467 e. The number of ether oxygens (including phenoxy) is 1. The minimum absolute atomic E-state index is 0.302. The summed E-state index contributed by atoms with van der Waals surface area (Å²) < 4.78 is 18.1. The quantitative estimate of drug-likeness (QED) is 0.830. The summed E-state index contributed by atoms with van der Waals surface area (Å²) in [6.45, 7) is 1.82. The molecule has 1 atom stereocenters. The minimum Gasteiger partial charge on any atom is -0.467 e. The lowest BCUT2D eigenvalue weighted by Gasteiger charge is -2.36. The molecule has 4 heteroatoms. The standard InChI is InChI=1S/C15H20FNO2/c1-15(14(18)19-2,10-11-5-3-6-11)17-13-8-4-7-12(16)9-13/h4,7-9,11,17H,3,5-6,10H2,1-2H3. The van der Waals surface area contributed by atoms with Gasteiger partial charge in [-0.3, -0.25) is 0 Å². The maximum Gasteiger partial charge on any atom is 0.331 e. The van der Waals surface area contributed by atoms with Crippen molar-refractivity contribution in [1.82, 2.24) is 0 Å². The molecule has 0 spiro atoms. The van der Waals surface area contributed by atoms with Gasteiger partial charge >= 0.3 is 5.97 Å². The van der Waals surface area contributed by atoms with E-state index in [4.69, 9.17) is 4.74 Å². The number of hydrogen-bond donors (Lipinski definition) is 1. The van der Waals surface area contributed by atoms with Crippen LogP contribution in [0.4, 0.5) is 10.1 Å². The van der Waals surface area contributed by atoms with Gasteiger partial charge in [-0.05, 0) is 37.5 Å². The number of carbonyl (C=O) groups excluding carboxylic acids is 1. The van der Waals surface area contributed by atoms with Crippen LogP contribution in [0.2, 0.25) is 0 Å². The molecule has 1 aromatic carbocycles. The monoisotopic (exact) mass is 265 g/mol. The summed E-state index contributed by atoms with van der Waals surface area (Å²) in [4.78, 5) is 12.0. The van der Waals surface area contributed by atoms with Crippen LogP contribution in [0.15, 0.2) is 24.3 Å². The van der Waals surface area contributed by atoms with Gasteiger partial charge < -0.3 is 10.1 Å². The van der Waals surface area contributed by atoms with Gasteiger partial charge in [0.1, 0.15) is 11.4 Å². The summed E-state index contributed by atoms with van der Waals surface area (Å²) in [7, 11) is 1.38. The highest BCUT2D eigenvalue weighted by molar-refractivity contribution is 5.84. The number of halogens is 1. The fourth-order valence-electron chi connectivity index (χ4n) is 2.57. The summed E-state index contributed by atoms with van der Waals surface area (Å²) in [5, 5.41) is 3.13. The number of anilines is 1. The van der Waals surface area contributed by atoms with E-state index in [0.29, 0.717) is 11.6 Å². The molecule has 0 aliphatic heterocycles.